The molecule has 92 valence electrons. The monoisotopic (exact) mass is 252 g/mol. The van der Waals surface area contributed by atoms with E-state index in [1.54, 1.807) is 18.9 Å². The smallest absolute Gasteiger partial charge is 0.255 e. The predicted molar refractivity (Wildman–Crippen MR) is 67.0 cm³/mol. The van der Waals surface area contributed by atoms with Crippen molar-refractivity contribution >= 4 is 11.8 Å². The van der Waals surface area contributed by atoms with Crippen molar-refractivity contribution in [3.63, 3.8) is 0 Å². The number of rotatable bonds is 2. The van der Waals surface area contributed by atoms with Crippen LogP contribution in [-0.2, 0) is 21.8 Å². The standard InChI is InChI=1S/C12H16N2O2S/c1-16-12(4-2-3-5-12)11-13-9-7-17-6-8(9)10(15)14-11/h2-7H2,1H3,(H,13,14,15). The molecule has 1 aromatic rings. The molecule has 4 nitrogen and oxygen atoms in total. The fourth-order valence-corrected chi connectivity index (χ4v) is 3.80. The predicted octanol–water partition coefficient (Wildman–Crippen LogP) is 1.93. The first-order chi connectivity index (χ1) is 8.25. The highest BCUT2D eigenvalue weighted by Gasteiger charge is 2.39. The van der Waals surface area contributed by atoms with E-state index in [2.05, 4.69) is 9.97 Å². The molecule has 0 unspecified atom stereocenters. The highest BCUT2D eigenvalue weighted by atomic mass is 32.2. The first-order valence-electron chi connectivity index (χ1n) is 6.01. The maximum atomic E-state index is 12.0. The Morgan fingerprint density at radius 2 is 2.12 bits per heavy atom. The molecule has 17 heavy (non-hydrogen) atoms. The van der Waals surface area contributed by atoms with Gasteiger partial charge >= 0.3 is 0 Å². The fraction of sp³-hybridized carbons (Fsp3) is 0.667. The Balaban J connectivity index is 2.09. The van der Waals surface area contributed by atoms with Crippen LogP contribution in [0.5, 0.6) is 0 Å². The zero-order valence-corrected chi connectivity index (χ0v) is 10.7. The van der Waals surface area contributed by atoms with E-state index >= 15 is 0 Å². The SMILES string of the molecule is COC1(c2nc3c(c(=O)[nH]2)CSC3)CCCC1. The molecule has 1 aromatic heterocycles. The second-order valence-electron chi connectivity index (χ2n) is 4.74. The summed E-state index contributed by atoms with van der Waals surface area (Å²) in [7, 11) is 1.72. The van der Waals surface area contributed by atoms with E-state index in [9.17, 15) is 4.79 Å². The van der Waals surface area contributed by atoms with E-state index in [1.165, 1.54) is 0 Å². The summed E-state index contributed by atoms with van der Waals surface area (Å²) < 4.78 is 5.66. The maximum Gasteiger partial charge on any atom is 0.255 e. The zero-order chi connectivity index (χ0) is 11.9. The van der Waals surface area contributed by atoms with E-state index in [-0.39, 0.29) is 11.2 Å². The van der Waals surface area contributed by atoms with Gasteiger partial charge < -0.3 is 9.72 Å². The number of fused-ring (bicyclic) bond motifs is 1. The third kappa shape index (κ3) is 1.72. The number of ether oxygens (including phenoxy) is 1. The second-order valence-corrected chi connectivity index (χ2v) is 5.72. The summed E-state index contributed by atoms with van der Waals surface area (Å²) >= 11 is 1.75. The molecule has 2 aliphatic rings. The van der Waals surface area contributed by atoms with Crippen molar-refractivity contribution < 1.29 is 4.74 Å². The van der Waals surface area contributed by atoms with Gasteiger partial charge in [0.2, 0.25) is 0 Å². The summed E-state index contributed by atoms with van der Waals surface area (Å²) in [6.45, 7) is 0. The largest absolute Gasteiger partial charge is 0.370 e. The van der Waals surface area contributed by atoms with Crippen LogP contribution in [0, 0.1) is 0 Å². The van der Waals surface area contributed by atoms with Crippen LogP contribution < -0.4 is 5.56 Å². The lowest BCUT2D eigenvalue weighted by Crippen LogP contribution is -2.31. The van der Waals surface area contributed by atoms with Crippen molar-refractivity contribution in [2.75, 3.05) is 7.11 Å². The number of aromatic nitrogens is 2. The minimum absolute atomic E-state index is 0.0262. The van der Waals surface area contributed by atoms with Crippen LogP contribution in [0.25, 0.3) is 0 Å². The van der Waals surface area contributed by atoms with Crippen molar-refractivity contribution in [3.05, 3.63) is 27.4 Å². The van der Waals surface area contributed by atoms with Crippen molar-refractivity contribution in [1.29, 1.82) is 0 Å². The molecule has 0 aromatic carbocycles. The molecule has 0 radical (unpaired) electrons. The fourth-order valence-electron chi connectivity index (χ4n) is 2.76. The van der Waals surface area contributed by atoms with Crippen molar-refractivity contribution in [1.82, 2.24) is 9.97 Å². The minimum atomic E-state index is -0.346. The Hall–Kier alpha value is -0.810. The van der Waals surface area contributed by atoms with Crippen LogP contribution in [0.4, 0.5) is 0 Å². The lowest BCUT2D eigenvalue weighted by atomic mass is 10.0. The molecule has 1 saturated carbocycles. The van der Waals surface area contributed by atoms with Gasteiger partial charge in [0, 0.05) is 24.2 Å². The quantitative estimate of drug-likeness (QED) is 0.874. The summed E-state index contributed by atoms with van der Waals surface area (Å²) in [5.41, 5.74) is 1.49. The molecular formula is C12H16N2O2S. The molecule has 0 atom stereocenters. The Morgan fingerprint density at radius 3 is 2.82 bits per heavy atom. The third-order valence-corrected chi connectivity index (χ3v) is 4.79. The third-order valence-electron chi connectivity index (χ3n) is 3.82. The van der Waals surface area contributed by atoms with Gasteiger partial charge in [-0.25, -0.2) is 4.98 Å². The van der Waals surface area contributed by atoms with Gasteiger partial charge in [-0.15, -0.1) is 0 Å². The number of nitrogens with zero attached hydrogens (tertiary/aromatic N) is 1. The minimum Gasteiger partial charge on any atom is -0.370 e. The highest BCUT2D eigenvalue weighted by molar-refractivity contribution is 7.98. The van der Waals surface area contributed by atoms with Gasteiger partial charge in [0.1, 0.15) is 11.4 Å². The molecular weight excluding hydrogens is 236 g/mol. The van der Waals surface area contributed by atoms with Crippen LogP contribution in [0.3, 0.4) is 0 Å². The van der Waals surface area contributed by atoms with Crippen molar-refractivity contribution in [3.8, 4) is 0 Å². The molecule has 0 spiro atoms. The molecule has 1 aliphatic carbocycles. The number of H-pyrrole nitrogens is 1. The number of hydrogen-bond donors (Lipinski definition) is 1. The van der Waals surface area contributed by atoms with Gasteiger partial charge in [-0.1, -0.05) is 0 Å². The topological polar surface area (TPSA) is 55.0 Å². The molecule has 1 N–H and O–H groups in total. The highest BCUT2D eigenvalue weighted by Crippen LogP contribution is 2.40. The van der Waals surface area contributed by atoms with Gasteiger partial charge in [0.15, 0.2) is 0 Å². The first-order valence-corrected chi connectivity index (χ1v) is 7.16. The molecule has 0 amide bonds. The summed E-state index contributed by atoms with van der Waals surface area (Å²) in [6, 6.07) is 0. The molecule has 2 heterocycles. The van der Waals surface area contributed by atoms with E-state index in [1.807, 2.05) is 0 Å². The Labute approximate surface area is 104 Å². The second kappa shape index (κ2) is 4.14. The number of methoxy groups -OCH3 is 1. The first kappa shape index (κ1) is 11.3. The normalized spacial score (nSPS) is 21.7. The van der Waals surface area contributed by atoms with Gasteiger partial charge in [0.05, 0.1) is 5.69 Å². The average molecular weight is 252 g/mol. The number of aromatic amines is 1. The van der Waals surface area contributed by atoms with Crippen LogP contribution in [0.2, 0.25) is 0 Å². The summed E-state index contributed by atoms with van der Waals surface area (Å²) in [6.07, 6.45) is 4.20. The van der Waals surface area contributed by atoms with Crippen molar-refractivity contribution in [2.24, 2.45) is 0 Å². The van der Waals surface area contributed by atoms with E-state index in [0.29, 0.717) is 0 Å². The lowest BCUT2D eigenvalue weighted by molar-refractivity contribution is -0.0166. The van der Waals surface area contributed by atoms with E-state index < -0.39 is 0 Å². The Morgan fingerprint density at radius 1 is 1.35 bits per heavy atom. The van der Waals surface area contributed by atoms with Crippen LogP contribution in [0.1, 0.15) is 42.8 Å². The molecule has 5 heteroatoms. The van der Waals surface area contributed by atoms with E-state index in [4.69, 9.17) is 4.74 Å². The van der Waals surface area contributed by atoms with Gasteiger partial charge in [0.25, 0.3) is 5.56 Å². The number of hydrogen-bond acceptors (Lipinski definition) is 4. The molecule has 0 saturated heterocycles. The number of thioether (sulfide) groups is 1. The Kier molecular flexibility index (Phi) is 2.75. The summed E-state index contributed by atoms with van der Waals surface area (Å²) in [4.78, 5) is 19.6. The van der Waals surface area contributed by atoms with Crippen molar-refractivity contribution in [2.45, 2.75) is 42.8 Å². The van der Waals surface area contributed by atoms with Crippen LogP contribution >= 0.6 is 11.8 Å². The zero-order valence-electron chi connectivity index (χ0n) is 9.91. The van der Waals surface area contributed by atoms with Gasteiger partial charge in [-0.2, -0.15) is 11.8 Å². The molecule has 0 bridgehead atoms. The number of nitrogens with one attached hydrogen (secondary N) is 1. The summed E-state index contributed by atoms with van der Waals surface area (Å²) in [5, 5.41) is 0. The average Bonchev–Trinajstić information content (AvgIpc) is 2.98. The maximum absolute atomic E-state index is 12.0. The Bertz CT molecular complexity index is 492. The lowest BCUT2D eigenvalue weighted by Gasteiger charge is -2.26. The van der Waals surface area contributed by atoms with Gasteiger partial charge in [-0.05, 0) is 25.7 Å². The van der Waals surface area contributed by atoms with Crippen LogP contribution in [-0.4, -0.2) is 17.1 Å². The molecule has 1 aliphatic heterocycles. The van der Waals surface area contributed by atoms with E-state index in [0.717, 1.165) is 54.3 Å². The molecule has 3 rings (SSSR count). The van der Waals surface area contributed by atoms with Gasteiger partial charge in [-0.3, -0.25) is 4.79 Å². The summed E-state index contributed by atoms with van der Waals surface area (Å²) in [5.74, 6) is 2.38. The van der Waals surface area contributed by atoms with Crippen LogP contribution in [0.15, 0.2) is 4.79 Å². The molecule has 1 fully saturated rings.